The van der Waals surface area contributed by atoms with E-state index < -0.39 is 0 Å². The molecule has 3 nitrogen and oxygen atoms in total. The SMILES string of the molecule is CCOc1cccc(/C=C2/SC(=S)N(c3cccc(C)c3)C2=O)c1. The molecule has 0 unspecified atom stereocenters. The lowest BCUT2D eigenvalue weighted by atomic mass is 10.2. The molecule has 1 heterocycles. The van der Waals surface area contributed by atoms with E-state index in [4.69, 9.17) is 17.0 Å². The Bertz CT molecular complexity index is 830. The van der Waals surface area contributed by atoms with E-state index >= 15 is 0 Å². The number of amides is 1. The summed E-state index contributed by atoms with van der Waals surface area (Å²) in [4.78, 5) is 15.0. The Morgan fingerprint density at radius 3 is 2.75 bits per heavy atom. The molecule has 0 spiro atoms. The number of carbonyl (C=O) groups is 1. The lowest BCUT2D eigenvalue weighted by Gasteiger charge is -2.14. The van der Waals surface area contributed by atoms with Gasteiger partial charge in [0.15, 0.2) is 4.32 Å². The summed E-state index contributed by atoms with van der Waals surface area (Å²) in [5.74, 6) is 0.706. The molecule has 0 aromatic heterocycles. The minimum absolute atomic E-state index is 0.0857. The third kappa shape index (κ3) is 3.52. The number of hydrogen-bond donors (Lipinski definition) is 0. The molecule has 1 amide bonds. The van der Waals surface area contributed by atoms with Crippen molar-refractivity contribution in [1.29, 1.82) is 0 Å². The summed E-state index contributed by atoms with van der Waals surface area (Å²) in [5.41, 5.74) is 2.82. The highest BCUT2D eigenvalue weighted by atomic mass is 32.2. The van der Waals surface area contributed by atoms with Crippen LogP contribution in [0.25, 0.3) is 6.08 Å². The second-order valence-corrected chi connectivity index (χ2v) is 7.04. The smallest absolute Gasteiger partial charge is 0.270 e. The predicted octanol–water partition coefficient (Wildman–Crippen LogP) is 4.80. The molecule has 1 aliphatic rings. The van der Waals surface area contributed by atoms with Gasteiger partial charge in [-0.2, -0.15) is 0 Å². The highest BCUT2D eigenvalue weighted by molar-refractivity contribution is 8.27. The number of nitrogens with zero attached hydrogens (tertiary/aromatic N) is 1. The van der Waals surface area contributed by atoms with Crippen LogP contribution in [0, 0.1) is 6.92 Å². The van der Waals surface area contributed by atoms with Crippen LogP contribution in [0.4, 0.5) is 5.69 Å². The van der Waals surface area contributed by atoms with Crippen LogP contribution in [0.1, 0.15) is 18.1 Å². The van der Waals surface area contributed by atoms with Crippen molar-refractivity contribution in [3.05, 3.63) is 64.6 Å². The summed E-state index contributed by atoms with van der Waals surface area (Å²) in [6, 6.07) is 15.5. The number of rotatable bonds is 4. The van der Waals surface area contributed by atoms with Gasteiger partial charge in [-0.25, -0.2) is 0 Å². The Labute approximate surface area is 151 Å². The van der Waals surface area contributed by atoms with Gasteiger partial charge in [0.1, 0.15) is 5.75 Å². The molecule has 0 bridgehead atoms. The van der Waals surface area contributed by atoms with Crippen molar-refractivity contribution >= 4 is 46.0 Å². The van der Waals surface area contributed by atoms with E-state index in [1.165, 1.54) is 11.8 Å². The zero-order valence-corrected chi connectivity index (χ0v) is 15.1. The number of ether oxygens (including phenoxy) is 1. The van der Waals surface area contributed by atoms with Gasteiger partial charge >= 0.3 is 0 Å². The molecule has 3 rings (SSSR count). The number of thioether (sulfide) groups is 1. The van der Waals surface area contributed by atoms with E-state index in [-0.39, 0.29) is 5.91 Å². The summed E-state index contributed by atoms with van der Waals surface area (Å²) in [6.07, 6.45) is 1.86. The van der Waals surface area contributed by atoms with Gasteiger partial charge in [0.25, 0.3) is 5.91 Å². The maximum absolute atomic E-state index is 12.8. The van der Waals surface area contributed by atoms with Crippen molar-refractivity contribution in [2.45, 2.75) is 13.8 Å². The van der Waals surface area contributed by atoms with Crippen molar-refractivity contribution < 1.29 is 9.53 Å². The first-order valence-electron chi connectivity index (χ1n) is 7.66. The molecule has 24 heavy (non-hydrogen) atoms. The first-order chi connectivity index (χ1) is 11.6. The Balaban J connectivity index is 1.90. The number of thiocarbonyl (C=S) groups is 1. The van der Waals surface area contributed by atoms with E-state index in [2.05, 4.69) is 0 Å². The van der Waals surface area contributed by atoms with Crippen LogP contribution in [0.3, 0.4) is 0 Å². The van der Waals surface area contributed by atoms with Gasteiger partial charge in [-0.1, -0.05) is 48.2 Å². The highest BCUT2D eigenvalue weighted by Gasteiger charge is 2.33. The first-order valence-corrected chi connectivity index (χ1v) is 8.88. The lowest BCUT2D eigenvalue weighted by Crippen LogP contribution is -2.27. The molecule has 5 heteroatoms. The zero-order valence-electron chi connectivity index (χ0n) is 13.5. The van der Waals surface area contributed by atoms with E-state index in [1.807, 2.05) is 68.5 Å². The molecule has 0 atom stereocenters. The number of anilines is 1. The fourth-order valence-corrected chi connectivity index (χ4v) is 3.77. The van der Waals surface area contributed by atoms with E-state index in [1.54, 1.807) is 4.90 Å². The maximum atomic E-state index is 12.8. The molecule has 0 saturated carbocycles. The van der Waals surface area contributed by atoms with Gasteiger partial charge in [-0.15, -0.1) is 0 Å². The maximum Gasteiger partial charge on any atom is 0.270 e. The van der Waals surface area contributed by atoms with E-state index in [9.17, 15) is 4.79 Å². The largest absolute Gasteiger partial charge is 0.494 e. The molecular formula is C19H17NO2S2. The zero-order chi connectivity index (χ0) is 17.1. The molecule has 0 radical (unpaired) electrons. The number of hydrogen-bond acceptors (Lipinski definition) is 4. The van der Waals surface area contributed by atoms with Gasteiger partial charge in [0.05, 0.1) is 17.2 Å². The average molecular weight is 355 g/mol. The Hall–Kier alpha value is -2.11. The van der Waals surface area contributed by atoms with E-state index in [0.29, 0.717) is 15.8 Å². The molecule has 2 aromatic carbocycles. The molecule has 122 valence electrons. The third-order valence-corrected chi connectivity index (χ3v) is 4.82. The topological polar surface area (TPSA) is 29.5 Å². The summed E-state index contributed by atoms with van der Waals surface area (Å²) in [7, 11) is 0. The summed E-state index contributed by atoms with van der Waals surface area (Å²) >= 11 is 6.73. The van der Waals surface area contributed by atoms with Gasteiger partial charge in [0, 0.05) is 0 Å². The van der Waals surface area contributed by atoms with E-state index in [0.717, 1.165) is 22.6 Å². The minimum Gasteiger partial charge on any atom is -0.494 e. The normalized spacial score (nSPS) is 16.1. The van der Waals surface area contributed by atoms with Gasteiger partial charge in [-0.3, -0.25) is 9.69 Å². The van der Waals surface area contributed by atoms with Crippen LogP contribution >= 0.6 is 24.0 Å². The Kier molecular flexibility index (Phi) is 5.02. The highest BCUT2D eigenvalue weighted by Crippen LogP contribution is 2.36. The Morgan fingerprint density at radius 1 is 1.21 bits per heavy atom. The van der Waals surface area contributed by atoms with Crippen molar-refractivity contribution in [2.24, 2.45) is 0 Å². The number of aryl methyl sites for hydroxylation is 1. The summed E-state index contributed by atoms with van der Waals surface area (Å²) < 4.78 is 6.06. The molecule has 1 aliphatic heterocycles. The monoisotopic (exact) mass is 355 g/mol. The summed E-state index contributed by atoms with van der Waals surface area (Å²) in [5, 5.41) is 0. The number of carbonyl (C=O) groups excluding carboxylic acids is 1. The van der Waals surface area contributed by atoms with Crippen LogP contribution in [-0.4, -0.2) is 16.8 Å². The molecular weight excluding hydrogens is 338 g/mol. The van der Waals surface area contributed by atoms with Gasteiger partial charge in [0.2, 0.25) is 0 Å². The fourth-order valence-electron chi connectivity index (χ4n) is 2.47. The van der Waals surface area contributed by atoms with Crippen LogP contribution in [0.2, 0.25) is 0 Å². The lowest BCUT2D eigenvalue weighted by molar-refractivity contribution is -0.113. The number of benzene rings is 2. The second-order valence-electron chi connectivity index (χ2n) is 5.36. The van der Waals surface area contributed by atoms with Gasteiger partial charge in [-0.05, 0) is 55.3 Å². The predicted molar refractivity (Wildman–Crippen MR) is 104 cm³/mol. The van der Waals surface area contributed by atoms with Crippen molar-refractivity contribution in [3.8, 4) is 5.75 Å². The first kappa shape index (κ1) is 16.7. The molecule has 1 fully saturated rings. The molecule has 2 aromatic rings. The van der Waals surface area contributed by atoms with Crippen molar-refractivity contribution in [1.82, 2.24) is 0 Å². The van der Waals surface area contributed by atoms with Crippen LogP contribution in [0.15, 0.2) is 53.4 Å². The fraction of sp³-hybridized carbons (Fsp3) is 0.158. The van der Waals surface area contributed by atoms with Crippen LogP contribution < -0.4 is 9.64 Å². The second kappa shape index (κ2) is 7.20. The third-order valence-electron chi connectivity index (χ3n) is 3.52. The van der Waals surface area contributed by atoms with Gasteiger partial charge < -0.3 is 4.74 Å². The standard InChI is InChI=1S/C19H17NO2S2/c1-3-22-16-9-5-7-14(11-16)12-17-18(21)20(19(23)24-17)15-8-4-6-13(2)10-15/h4-12H,3H2,1-2H3/b17-12+. The summed E-state index contributed by atoms with van der Waals surface area (Å²) in [6.45, 7) is 4.55. The van der Waals surface area contributed by atoms with Crippen LogP contribution in [0.5, 0.6) is 5.75 Å². The molecule has 0 aliphatic carbocycles. The minimum atomic E-state index is -0.0857. The van der Waals surface area contributed by atoms with Crippen LogP contribution in [-0.2, 0) is 4.79 Å². The molecule has 0 N–H and O–H groups in total. The Morgan fingerprint density at radius 2 is 2.00 bits per heavy atom. The average Bonchev–Trinajstić information content (AvgIpc) is 2.82. The quantitative estimate of drug-likeness (QED) is 0.582. The van der Waals surface area contributed by atoms with Crippen molar-refractivity contribution in [3.63, 3.8) is 0 Å². The molecule has 1 saturated heterocycles. The van der Waals surface area contributed by atoms with Crippen molar-refractivity contribution in [2.75, 3.05) is 11.5 Å².